The summed E-state index contributed by atoms with van der Waals surface area (Å²) in [6, 6.07) is 5.61. The Morgan fingerprint density at radius 1 is 0.964 bits per heavy atom. The second kappa shape index (κ2) is 22.7. The number of nitrogens with one attached hydrogen (secondary N) is 2. The molecule has 310 valence electrons. The SMILES string of the molecule is CC[C@H](C)C([C@@H](CC(=O)N1CCC[C@H]1[C@H](OC)[C@@H](C)C(=O)N[C@H](CN=[N+]=[N-])Cc1ccc(C)cc1)OC)N(C)C(=O)[C@@H](NC(=O)[C@H](C(C)C)N(C)C)C(C)C. The molecule has 4 amide bonds. The van der Waals surface area contributed by atoms with Gasteiger partial charge in [-0.15, -0.1) is 0 Å². The Balaban J connectivity index is 2.28. The first-order valence-corrected chi connectivity index (χ1v) is 19.9. The fourth-order valence-electron chi connectivity index (χ4n) is 8.05. The van der Waals surface area contributed by atoms with Crippen LogP contribution in [0.1, 0.15) is 85.3 Å². The van der Waals surface area contributed by atoms with Crippen molar-refractivity contribution in [2.24, 2.45) is 28.8 Å². The lowest BCUT2D eigenvalue weighted by Gasteiger charge is -2.41. The van der Waals surface area contributed by atoms with Crippen molar-refractivity contribution in [3.8, 4) is 0 Å². The Kier molecular flexibility index (Phi) is 19.6. The summed E-state index contributed by atoms with van der Waals surface area (Å²) >= 11 is 0. The fourth-order valence-corrected chi connectivity index (χ4v) is 8.05. The molecule has 0 bridgehead atoms. The Morgan fingerprint density at radius 2 is 1.60 bits per heavy atom. The number of aryl methyl sites for hydroxylation is 1. The number of benzene rings is 1. The molecule has 1 aliphatic rings. The van der Waals surface area contributed by atoms with E-state index in [0.717, 1.165) is 24.0 Å². The summed E-state index contributed by atoms with van der Waals surface area (Å²) in [5.41, 5.74) is 11.1. The van der Waals surface area contributed by atoms with Gasteiger partial charge in [0, 0.05) is 45.3 Å². The molecule has 1 unspecified atom stereocenters. The summed E-state index contributed by atoms with van der Waals surface area (Å²) in [7, 11) is 8.56. The second-order valence-corrected chi connectivity index (χ2v) is 16.3. The summed E-state index contributed by atoms with van der Waals surface area (Å²) < 4.78 is 12.0. The van der Waals surface area contributed by atoms with Crippen LogP contribution in [0, 0.1) is 30.6 Å². The highest BCUT2D eigenvalue weighted by atomic mass is 16.5. The highest BCUT2D eigenvalue weighted by molar-refractivity contribution is 5.90. The molecule has 0 radical (unpaired) electrons. The number of hydrogen-bond acceptors (Lipinski definition) is 8. The number of amides is 4. The van der Waals surface area contributed by atoms with Crippen LogP contribution in [0.25, 0.3) is 10.4 Å². The minimum absolute atomic E-state index is 0.0240. The van der Waals surface area contributed by atoms with E-state index in [1.807, 2.05) is 91.7 Å². The molecule has 1 fully saturated rings. The predicted octanol–water partition coefficient (Wildman–Crippen LogP) is 4.98. The van der Waals surface area contributed by atoms with E-state index >= 15 is 0 Å². The second-order valence-electron chi connectivity index (χ2n) is 16.3. The van der Waals surface area contributed by atoms with Crippen LogP contribution in [0.5, 0.6) is 0 Å². The van der Waals surface area contributed by atoms with Crippen LogP contribution in [0.15, 0.2) is 29.4 Å². The molecule has 1 aromatic carbocycles. The molecule has 1 aromatic rings. The van der Waals surface area contributed by atoms with Gasteiger partial charge in [-0.05, 0) is 69.1 Å². The van der Waals surface area contributed by atoms with Gasteiger partial charge in [0.2, 0.25) is 23.6 Å². The van der Waals surface area contributed by atoms with Gasteiger partial charge in [-0.2, -0.15) is 0 Å². The van der Waals surface area contributed by atoms with Crippen molar-refractivity contribution in [2.75, 3.05) is 48.5 Å². The molecule has 14 heteroatoms. The topological polar surface area (TPSA) is 169 Å². The third-order valence-corrected chi connectivity index (χ3v) is 11.3. The number of azide groups is 1. The highest BCUT2D eigenvalue weighted by Crippen LogP contribution is 2.30. The van der Waals surface area contributed by atoms with Crippen LogP contribution in [-0.4, -0.2) is 129 Å². The summed E-state index contributed by atoms with van der Waals surface area (Å²) in [6.07, 6.45) is 1.46. The van der Waals surface area contributed by atoms with E-state index in [4.69, 9.17) is 15.0 Å². The van der Waals surface area contributed by atoms with Crippen LogP contribution in [0.3, 0.4) is 0 Å². The first kappa shape index (κ1) is 47.4. The minimum atomic E-state index is -0.764. The van der Waals surface area contributed by atoms with Crippen LogP contribution in [0.2, 0.25) is 0 Å². The number of likely N-dealkylation sites (N-methyl/N-ethyl adjacent to an activating group) is 2. The molecule has 2 N–H and O–H groups in total. The molecule has 1 saturated heterocycles. The minimum Gasteiger partial charge on any atom is -0.379 e. The van der Waals surface area contributed by atoms with Crippen LogP contribution < -0.4 is 10.6 Å². The Morgan fingerprint density at radius 3 is 2.11 bits per heavy atom. The normalized spacial score (nSPS) is 18.8. The molecule has 2 rings (SSSR count). The summed E-state index contributed by atoms with van der Waals surface area (Å²) in [6.45, 7) is 16.3. The number of nitrogens with zero attached hydrogens (tertiary/aromatic N) is 6. The van der Waals surface area contributed by atoms with E-state index in [1.54, 1.807) is 38.0 Å². The smallest absolute Gasteiger partial charge is 0.245 e. The zero-order chi connectivity index (χ0) is 41.6. The lowest BCUT2D eigenvalue weighted by molar-refractivity contribution is -0.148. The van der Waals surface area contributed by atoms with Crippen molar-refractivity contribution in [2.45, 2.75) is 130 Å². The average Bonchev–Trinajstić information content (AvgIpc) is 3.62. The average molecular weight is 771 g/mol. The van der Waals surface area contributed by atoms with E-state index in [1.165, 1.54) is 0 Å². The maximum Gasteiger partial charge on any atom is 0.245 e. The predicted molar refractivity (Wildman–Crippen MR) is 216 cm³/mol. The van der Waals surface area contributed by atoms with Crippen molar-refractivity contribution in [1.82, 2.24) is 25.3 Å². The molecule has 1 aliphatic heterocycles. The summed E-state index contributed by atoms with van der Waals surface area (Å²) in [5, 5.41) is 9.85. The monoisotopic (exact) mass is 771 g/mol. The standard InChI is InChI=1S/C41H70N8O6/c1-14-28(7)37(48(11)41(53)35(25(2)3)45-40(52)36(26(4)5)47(9)10)33(54-12)23-34(50)49-21-15-16-32(49)38(55-13)29(8)39(51)44-31(24-43-46-42)22-30-19-17-27(6)18-20-30/h17-20,25-26,28-29,31-33,35-38H,14-16,21-24H2,1-13H3,(H,44,51)(H,45,52)/t28-,29+,31-,32-,33+,35-,36-,37?,38+/m0/s1. The summed E-state index contributed by atoms with van der Waals surface area (Å²) in [5.74, 6) is -1.60. The van der Waals surface area contributed by atoms with E-state index in [2.05, 4.69) is 20.7 Å². The van der Waals surface area contributed by atoms with Gasteiger partial charge in [0.15, 0.2) is 0 Å². The molecule has 55 heavy (non-hydrogen) atoms. The van der Waals surface area contributed by atoms with Crippen molar-refractivity contribution in [1.29, 1.82) is 0 Å². The number of hydrogen-bond donors (Lipinski definition) is 2. The number of carbonyl (C=O) groups is 4. The number of ether oxygens (including phenoxy) is 2. The van der Waals surface area contributed by atoms with E-state index in [-0.39, 0.29) is 60.4 Å². The van der Waals surface area contributed by atoms with Crippen molar-refractivity contribution < 1.29 is 28.7 Å². The van der Waals surface area contributed by atoms with Crippen LogP contribution >= 0.6 is 0 Å². The summed E-state index contributed by atoms with van der Waals surface area (Å²) in [4.78, 5) is 63.9. The van der Waals surface area contributed by atoms with E-state index in [0.29, 0.717) is 19.4 Å². The van der Waals surface area contributed by atoms with Gasteiger partial charge in [0.05, 0.1) is 42.7 Å². The number of methoxy groups -OCH3 is 2. The molecule has 9 atom stereocenters. The molecule has 0 aromatic heterocycles. The van der Waals surface area contributed by atoms with Gasteiger partial charge in [0.1, 0.15) is 6.04 Å². The maximum atomic E-state index is 14.2. The Bertz CT molecular complexity index is 1420. The molecule has 0 saturated carbocycles. The van der Waals surface area contributed by atoms with Gasteiger partial charge < -0.3 is 29.9 Å². The third-order valence-electron chi connectivity index (χ3n) is 11.3. The van der Waals surface area contributed by atoms with Crippen molar-refractivity contribution in [3.05, 3.63) is 45.8 Å². The van der Waals surface area contributed by atoms with Crippen LogP contribution in [-0.2, 0) is 35.1 Å². The fraction of sp³-hybridized carbons (Fsp3) is 0.756. The van der Waals surface area contributed by atoms with Gasteiger partial charge in [-0.25, -0.2) is 0 Å². The Hall–Kier alpha value is -3.71. The molecule has 0 aliphatic carbocycles. The molecular weight excluding hydrogens is 701 g/mol. The zero-order valence-corrected chi connectivity index (χ0v) is 35.7. The lowest BCUT2D eigenvalue weighted by atomic mass is 9.89. The number of likely N-dealkylation sites (tertiary alicyclic amines) is 1. The zero-order valence-electron chi connectivity index (χ0n) is 35.7. The highest BCUT2D eigenvalue weighted by Gasteiger charge is 2.43. The van der Waals surface area contributed by atoms with Gasteiger partial charge in [0.25, 0.3) is 0 Å². The first-order chi connectivity index (χ1) is 25.9. The maximum absolute atomic E-state index is 14.2. The molecule has 1 heterocycles. The number of rotatable bonds is 22. The largest absolute Gasteiger partial charge is 0.379 e. The molecule has 14 nitrogen and oxygen atoms in total. The van der Waals surface area contributed by atoms with Crippen molar-refractivity contribution >= 4 is 23.6 Å². The lowest BCUT2D eigenvalue weighted by Crippen LogP contribution is -2.59. The molecule has 0 spiro atoms. The van der Waals surface area contributed by atoms with Gasteiger partial charge in [-0.3, -0.25) is 24.1 Å². The first-order valence-electron chi connectivity index (χ1n) is 19.9. The number of carbonyl (C=O) groups excluding carboxylic acids is 4. The quantitative estimate of drug-likeness (QED) is 0.0952. The van der Waals surface area contributed by atoms with Crippen molar-refractivity contribution in [3.63, 3.8) is 0 Å². The van der Waals surface area contributed by atoms with Crippen LogP contribution in [0.4, 0.5) is 0 Å². The molecular formula is C41H70N8O6. The van der Waals surface area contributed by atoms with E-state index < -0.39 is 42.3 Å². The van der Waals surface area contributed by atoms with E-state index in [9.17, 15) is 19.2 Å². The third kappa shape index (κ3) is 13.2. The van der Waals surface area contributed by atoms with Gasteiger partial charge in [-0.1, -0.05) is 89.8 Å². The Labute approximate surface area is 330 Å². The van der Waals surface area contributed by atoms with Gasteiger partial charge >= 0.3 is 0 Å².